The number of nitro groups is 1. The van der Waals surface area contributed by atoms with Gasteiger partial charge in [0.15, 0.2) is 0 Å². The van der Waals surface area contributed by atoms with Crippen molar-refractivity contribution in [3.63, 3.8) is 0 Å². The highest BCUT2D eigenvalue weighted by molar-refractivity contribution is 5.92. The Morgan fingerprint density at radius 2 is 2.05 bits per heavy atom. The maximum Gasteiger partial charge on any atom is 0.273 e. The molecule has 116 valence electrons. The normalized spacial score (nSPS) is 12.8. The van der Waals surface area contributed by atoms with Crippen LogP contribution in [0.3, 0.4) is 0 Å². The van der Waals surface area contributed by atoms with E-state index in [-0.39, 0.29) is 34.4 Å². The maximum atomic E-state index is 11.9. The van der Waals surface area contributed by atoms with Crippen LogP contribution < -0.4 is 5.32 Å². The molecule has 0 saturated heterocycles. The molecule has 0 aliphatic rings. The molecule has 0 aliphatic carbocycles. The first-order valence-electron chi connectivity index (χ1n) is 6.86. The van der Waals surface area contributed by atoms with Crippen LogP contribution in [0.2, 0.25) is 0 Å². The Balaban J connectivity index is 2.65. The summed E-state index contributed by atoms with van der Waals surface area (Å²) < 4.78 is 0. The van der Waals surface area contributed by atoms with Crippen molar-refractivity contribution >= 4 is 17.3 Å². The molecule has 0 aliphatic heterocycles. The second-order valence-electron chi connectivity index (χ2n) is 6.58. The van der Waals surface area contributed by atoms with Crippen LogP contribution in [-0.4, -0.2) is 15.9 Å². The molecule has 0 fully saturated rings. The number of benzene rings is 1. The van der Waals surface area contributed by atoms with E-state index in [0.29, 0.717) is 6.42 Å². The first-order chi connectivity index (χ1) is 9.58. The topological polar surface area (TPSA) is 92.5 Å². The predicted octanol–water partition coefficient (Wildman–Crippen LogP) is 3.70. The minimum Gasteiger partial charge on any atom is -0.506 e. The zero-order valence-electron chi connectivity index (χ0n) is 12.8. The Hall–Kier alpha value is -2.11. The third-order valence-corrected chi connectivity index (χ3v) is 2.96. The smallest absolute Gasteiger partial charge is 0.273 e. The monoisotopic (exact) mass is 294 g/mol. The molecular weight excluding hydrogens is 272 g/mol. The number of nitrogens with one attached hydrogen (secondary N) is 1. The highest BCUT2D eigenvalue weighted by Gasteiger charge is 2.18. The molecular formula is C15H22N2O4. The summed E-state index contributed by atoms with van der Waals surface area (Å²) in [6.07, 6.45) is 1.25. The molecule has 1 aromatic carbocycles. The van der Waals surface area contributed by atoms with Gasteiger partial charge < -0.3 is 10.4 Å². The number of non-ortho nitro benzene ring substituents is 1. The summed E-state index contributed by atoms with van der Waals surface area (Å²) in [5.74, 6) is -0.304. The number of rotatable bonds is 5. The Morgan fingerprint density at radius 3 is 2.52 bits per heavy atom. The van der Waals surface area contributed by atoms with E-state index in [9.17, 15) is 20.0 Å². The van der Waals surface area contributed by atoms with Crippen LogP contribution in [0.15, 0.2) is 18.2 Å². The second kappa shape index (κ2) is 6.56. The standard InChI is InChI=1S/C15H22N2O4/c1-10(9-15(2,3)4)7-14(19)16-12-6-5-11(17(20)21)8-13(12)18/h5-6,8,10,18H,7,9H2,1-4H3,(H,16,19). The van der Waals surface area contributed by atoms with Crippen LogP contribution in [0.5, 0.6) is 5.75 Å². The van der Waals surface area contributed by atoms with Crippen LogP contribution in [0.4, 0.5) is 11.4 Å². The van der Waals surface area contributed by atoms with Crippen molar-refractivity contribution in [1.29, 1.82) is 0 Å². The fourth-order valence-corrected chi connectivity index (χ4v) is 2.37. The van der Waals surface area contributed by atoms with Crippen LogP contribution in [-0.2, 0) is 4.79 Å². The highest BCUT2D eigenvalue weighted by Crippen LogP contribution is 2.29. The van der Waals surface area contributed by atoms with Gasteiger partial charge in [-0.2, -0.15) is 0 Å². The number of anilines is 1. The quantitative estimate of drug-likeness (QED) is 0.492. The van der Waals surface area contributed by atoms with Crippen molar-refractivity contribution in [2.45, 2.75) is 40.5 Å². The zero-order chi connectivity index (χ0) is 16.2. The van der Waals surface area contributed by atoms with E-state index in [1.807, 2.05) is 6.92 Å². The fourth-order valence-electron chi connectivity index (χ4n) is 2.37. The molecule has 6 heteroatoms. The van der Waals surface area contributed by atoms with Gasteiger partial charge in [0.2, 0.25) is 5.91 Å². The molecule has 0 heterocycles. The van der Waals surface area contributed by atoms with Gasteiger partial charge in [0.05, 0.1) is 16.7 Å². The van der Waals surface area contributed by atoms with Gasteiger partial charge in [0.1, 0.15) is 5.75 Å². The number of carbonyl (C=O) groups excluding carboxylic acids is 1. The zero-order valence-corrected chi connectivity index (χ0v) is 12.8. The van der Waals surface area contributed by atoms with E-state index < -0.39 is 4.92 Å². The molecule has 1 unspecified atom stereocenters. The lowest BCUT2D eigenvalue weighted by molar-refractivity contribution is -0.384. The van der Waals surface area contributed by atoms with Crippen LogP contribution in [0.1, 0.15) is 40.5 Å². The SMILES string of the molecule is CC(CC(=O)Nc1ccc([N+](=O)[O-])cc1O)CC(C)(C)C. The van der Waals surface area contributed by atoms with Crippen LogP contribution >= 0.6 is 0 Å². The molecule has 0 saturated carbocycles. The Morgan fingerprint density at radius 1 is 1.43 bits per heavy atom. The van der Waals surface area contributed by atoms with Crippen molar-refractivity contribution in [3.05, 3.63) is 28.3 Å². The molecule has 0 spiro atoms. The molecule has 0 radical (unpaired) electrons. The van der Waals surface area contributed by atoms with E-state index >= 15 is 0 Å². The number of phenols is 1. The molecule has 6 nitrogen and oxygen atoms in total. The second-order valence-corrected chi connectivity index (χ2v) is 6.58. The molecule has 1 aromatic rings. The van der Waals surface area contributed by atoms with Gasteiger partial charge in [0.25, 0.3) is 5.69 Å². The number of aromatic hydroxyl groups is 1. The van der Waals surface area contributed by atoms with Gasteiger partial charge in [-0.25, -0.2) is 0 Å². The lowest BCUT2D eigenvalue weighted by Gasteiger charge is -2.22. The highest BCUT2D eigenvalue weighted by atomic mass is 16.6. The lowest BCUT2D eigenvalue weighted by atomic mass is 9.84. The van der Waals surface area contributed by atoms with E-state index in [2.05, 4.69) is 26.1 Å². The van der Waals surface area contributed by atoms with Crippen molar-refractivity contribution < 1.29 is 14.8 Å². The van der Waals surface area contributed by atoms with Gasteiger partial charge in [-0.1, -0.05) is 27.7 Å². The number of hydrogen-bond acceptors (Lipinski definition) is 4. The minimum atomic E-state index is -0.600. The molecule has 0 aromatic heterocycles. The van der Waals surface area contributed by atoms with E-state index in [4.69, 9.17) is 0 Å². The van der Waals surface area contributed by atoms with Gasteiger partial charge in [-0.3, -0.25) is 14.9 Å². The van der Waals surface area contributed by atoms with Gasteiger partial charge in [-0.15, -0.1) is 0 Å². The predicted molar refractivity (Wildman–Crippen MR) is 81.2 cm³/mol. The Bertz CT molecular complexity index is 535. The molecule has 21 heavy (non-hydrogen) atoms. The number of phenolic OH excluding ortho intramolecular Hbond substituents is 1. The summed E-state index contributed by atoms with van der Waals surface area (Å²) >= 11 is 0. The average Bonchev–Trinajstić information content (AvgIpc) is 2.28. The number of nitrogens with zero attached hydrogens (tertiary/aromatic N) is 1. The summed E-state index contributed by atoms with van der Waals surface area (Å²) in [5, 5.41) is 22.8. The third-order valence-electron chi connectivity index (χ3n) is 2.96. The first kappa shape index (κ1) is 16.9. The molecule has 1 rings (SSSR count). The van der Waals surface area contributed by atoms with E-state index in [0.717, 1.165) is 12.5 Å². The number of hydrogen-bond donors (Lipinski definition) is 2. The van der Waals surface area contributed by atoms with Gasteiger partial charge in [0, 0.05) is 12.5 Å². The molecule has 1 atom stereocenters. The molecule has 1 amide bonds. The summed E-state index contributed by atoms with van der Waals surface area (Å²) in [4.78, 5) is 21.9. The Kier molecular flexibility index (Phi) is 5.29. The van der Waals surface area contributed by atoms with E-state index in [1.165, 1.54) is 12.1 Å². The summed E-state index contributed by atoms with van der Waals surface area (Å²) in [6, 6.07) is 3.60. The first-order valence-corrected chi connectivity index (χ1v) is 6.86. The summed E-state index contributed by atoms with van der Waals surface area (Å²) in [7, 11) is 0. The van der Waals surface area contributed by atoms with Crippen molar-refractivity contribution in [2.75, 3.05) is 5.32 Å². The molecule has 2 N–H and O–H groups in total. The molecule has 0 bridgehead atoms. The van der Waals surface area contributed by atoms with Crippen LogP contribution in [0.25, 0.3) is 0 Å². The number of nitro benzene ring substituents is 1. The lowest BCUT2D eigenvalue weighted by Crippen LogP contribution is -2.18. The van der Waals surface area contributed by atoms with Crippen molar-refractivity contribution in [2.24, 2.45) is 11.3 Å². The van der Waals surface area contributed by atoms with Crippen molar-refractivity contribution in [1.82, 2.24) is 0 Å². The summed E-state index contributed by atoms with van der Waals surface area (Å²) in [6.45, 7) is 8.34. The Labute approximate surface area is 124 Å². The maximum absolute atomic E-state index is 11.9. The van der Waals surface area contributed by atoms with Crippen molar-refractivity contribution in [3.8, 4) is 5.75 Å². The summed E-state index contributed by atoms with van der Waals surface area (Å²) in [5.41, 5.74) is 0.120. The third kappa shape index (κ3) is 5.81. The van der Waals surface area contributed by atoms with Gasteiger partial charge >= 0.3 is 0 Å². The van der Waals surface area contributed by atoms with Crippen LogP contribution in [0, 0.1) is 21.4 Å². The number of amides is 1. The van der Waals surface area contributed by atoms with E-state index in [1.54, 1.807) is 0 Å². The fraction of sp³-hybridized carbons (Fsp3) is 0.533. The largest absolute Gasteiger partial charge is 0.506 e. The van der Waals surface area contributed by atoms with Gasteiger partial charge in [-0.05, 0) is 23.8 Å². The number of carbonyl (C=O) groups is 1. The minimum absolute atomic E-state index is 0.148. The average molecular weight is 294 g/mol.